The molecular weight excluding hydrogens is 327 g/mol. The zero-order chi connectivity index (χ0) is 17.8. The first-order chi connectivity index (χ1) is 12.1. The zero-order valence-electron chi connectivity index (χ0n) is 14.4. The first-order valence-corrected chi connectivity index (χ1v) is 8.67. The van der Waals surface area contributed by atoms with Crippen LogP contribution in [0.4, 0.5) is 4.39 Å². The minimum Gasteiger partial charge on any atom is -0.496 e. The predicted molar refractivity (Wildman–Crippen MR) is 89.8 cm³/mol. The van der Waals surface area contributed by atoms with Crippen LogP contribution >= 0.6 is 0 Å². The molecule has 1 unspecified atom stereocenters. The van der Waals surface area contributed by atoms with Crippen LogP contribution in [0.15, 0.2) is 18.2 Å². The maximum Gasteiger partial charge on any atom is 0.234 e. The van der Waals surface area contributed by atoms with Crippen molar-refractivity contribution in [2.45, 2.75) is 25.0 Å². The molecule has 25 heavy (non-hydrogen) atoms. The molecule has 6 nitrogen and oxygen atoms in total. The first kappa shape index (κ1) is 18.1. The number of methoxy groups -OCH3 is 1. The summed E-state index contributed by atoms with van der Waals surface area (Å²) in [6.07, 6.45) is 0.813. The Hall–Kier alpha value is -1.70. The maximum absolute atomic E-state index is 13.8. The van der Waals surface area contributed by atoms with Crippen LogP contribution in [0.2, 0.25) is 0 Å². The van der Waals surface area contributed by atoms with Crippen LogP contribution in [0.5, 0.6) is 5.75 Å². The number of carbonyl (C=O) groups is 1. The highest BCUT2D eigenvalue weighted by atomic mass is 19.1. The molecule has 138 valence electrons. The summed E-state index contributed by atoms with van der Waals surface area (Å²) in [7, 11) is 1.53. The highest BCUT2D eigenvalue weighted by molar-refractivity contribution is 5.78. The number of aliphatic hydroxyl groups is 1. The summed E-state index contributed by atoms with van der Waals surface area (Å²) < 4.78 is 24.4. The number of benzene rings is 1. The molecule has 0 radical (unpaired) electrons. The number of ether oxygens (including phenoxy) is 2. The fraction of sp³-hybridized carbons (Fsp3) is 0.611. The normalized spacial score (nSPS) is 25.1. The van der Waals surface area contributed by atoms with Gasteiger partial charge in [-0.3, -0.25) is 9.69 Å². The number of hydrogen-bond acceptors (Lipinski definition) is 5. The van der Waals surface area contributed by atoms with Crippen molar-refractivity contribution < 1.29 is 23.8 Å². The lowest BCUT2D eigenvalue weighted by atomic mass is 9.75. The van der Waals surface area contributed by atoms with Crippen LogP contribution in [0.3, 0.4) is 0 Å². The Morgan fingerprint density at radius 1 is 1.44 bits per heavy atom. The van der Waals surface area contributed by atoms with E-state index in [0.717, 1.165) is 13.1 Å². The van der Waals surface area contributed by atoms with Crippen molar-refractivity contribution in [3.05, 3.63) is 29.6 Å². The number of hydrogen-bond donors (Lipinski definition) is 2. The van der Waals surface area contributed by atoms with Gasteiger partial charge in [-0.15, -0.1) is 0 Å². The second-order valence-electron chi connectivity index (χ2n) is 6.71. The van der Waals surface area contributed by atoms with E-state index in [-0.39, 0.29) is 36.3 Å². The van der Waals surface area contributed by atoms with Gasteiger partial charge in [0.15, 0.2) is 0 Å². The Morgan fingerprint density at radius 2 is 2.16 bits per heavy atom. The Bertz CT molecular complexity index is 601. The monoisotopic (exact) mass is 352 g/mol. The molecule has 2 aliphatic rings. The fourth-order valence-electron chi connectivity index (χ4n) is 3.48. The van der Waals surface area contributed by atoms with Crippen LogP contribution in [0.25, 0.3) is 0 Å². The van der Waals surface area contributed by atoms with E-state index >= 15 is 0 Å². The molecule has 7 heteroatoms. The van der Waals surface area contributed by atoms with Crippen molar-refractivity contribution in [2.75, 3.05) is 40.0 Å². The lowest BCUT2D eigenvalue weighted by molar-refractivity contribution is -0.125. The zero-order valence-corrected chi connectivity index (χ0v) is 14.4. The highest BCUT2D eigenvalue weighted by Crippen LogP contribution is 2.41. The Balaban J connectivity index is 1.73. The number of morpholine rings is 1. The van der Waals surface area contributed by atoms with Gasteiger partial charge in [-0.05, 0) is 37.0 Å². The Labute approximate surface area is 146 Å². The number of carbonyl (C=O) groups excluding carboxylic acids is 1. The molecule has 1 aliphatic carbocycles. The highest BCUT2D eigenvalue weighted by Gasteiger charge is 2.37. The molecule has 0 spiro atoms. The quantitative estimate of drug-likeness (QED) is 0.802. The summed E-state index contributed by atoms with van der Waals surface area (Å²) in [4.78, 5) is 14.6. The number of amides is 1. The van der Waals surface area contributed by atoms with Crippen molar-refractivity contribution in [1.82, 2.24) is 10.2 Å². The van der Waals surface area contributed by atoms with E-state index in [1.165, 1.54) is 19.2 Å². The topological polar surface area (TPSA) is 71.0 Å². The summed E-state index contributed by atoms with van der Waals surface area (Å²) in [6.45, 7) is 2.99. The first-order valence-electron chi connectivity index (χ1n) is 8.67. The summed E-state index contributed by atoms with van der Waals surface area (Å²) >= 11 is 0. The van der Waals surface area contributed by atoms with E-state index in [9.17, 15) is 14.3 Å². The molecule has 1 aliphatic heterocycles. The molecule has 1 saturated heterocycles. The van der Waals surface area contributed by atoms with Gasteiger partial charge in [0.2, 0.25) is 5.91 Å². The van der Waals surface area contributed by atoms with Crippen LogP contribution < -0.4 is 10.1 Å². The van der Waals surface area contributed by atoms with Crippen LogP contribution in [-0.2, 0) is 9.53 Å². The molecule has 1 amide bonds. The van der Waals surface area contributed by atoms with Crippen molar-refractivity contribution >= 4 is 5.91 Å². The maximum atomic E-state index is 13.8. The van der Waals surface area contributed by atoms with Crippen LogP contribution in [-0.4, -0.2) is 62.0 Å². The van der Waals surface area contributed by atoms with Gasteiger partial charge in [0.1, 0.15) is 11.6 Å². The number of aliphatic hydroxyl groups excluding tert-OH is 1. The molecule has 2 N–H and O–H groups in total. The van der Waals surface area contributed by atoms with E-state index in [0.29, 0.717) is 37.4 Å². The third-order valence-electron chi connectivity index (χ3n) is 4.94. The molecule has 3 rings (SSSR count). The van der Waals surface area contributed by atoms with Crippen molar-refractivity contribution in [2.24, 2.45) is 5.92 Å². The van der Waals surface area contributed by atoms with Gasteiger partial charge in [-0.25, -0.2) is 4.39 Å². The summed E-state index contributed by atoms with van der Waals surface area (Å²) in [5, 5.41) is 12.7. The van der Waals surface area contributed by atoms with E-state index in [2.05, 4.69) is 5.32 Å². The van der Waals surface area contributed by atoms with Gasteiger partial charge < -0.3 is 19.9 Å². The lowest BCUT2D eigenvalue weighted by Crippen LogP contribution is -2.47. The van der Waals surface area contributed by atoms with Crippen LogP contribution in [0, 0.1) is 11.7 Å². The summed E-state index contributed by atoms with van der Waals surface area (Å²) in [5.41, 5.74) is 0.620. The van der Waals surface area contributed by atoms with Gasteiger partial charge in [0.05, 0.1) is 39.0 Å². The van der Waals surface area contributed by atoms with Gasteiger partial charge in [0.25, 0.3) is 0 Å². The second-order valence-corrected chi connectivity index (χ2v) is 6.71. The number of nitrogens with one attached hydrogen (secondary N) is 1. The largest absolute Gasteiger partial charge is 0.496 e. The molecule has 1 aromatic rings. The third-order valence-corrected chi connectivity index (χ3v) is 4.94. The third kappa shape index (κ3) is 4.48. The molecule has 1 atom stereocenters. The minimum absolute atomic E-state index is 0.0688. The van der Waals surface area contributed by atoms with Gasteiger partial charge in [-0.1, -0.05) is 0 Å². The van der Waals surface area contributed by atoms with Gasteiger partial charge >= 0.3 is 0 Å². The molecule has 0 aromatic heterocycles. The van der Waals surface area contributed by atoms with Crippen molar-refractivity contribution in [3.8, 4) is 5.75 Å². The van der Waals surface area contributed by atoms with Crippen molar-refractivity contribution in [3.63, 3.8) is 0 Å². The Morgan fingerprint density at radius 3 is 2.80 bits per heavy atom. The van der Waals surface area contributed by atoms with Crippen LogP contribution in [0.1, 0.15) is 24.4 Å². The average molecular weight is 352 g/mol. The Kier molecular flexibility index (Phi) is 5.88. The number of rotatable bonds is 6. The van der Waals surface area contributed by atoms with Gasteiger partial charge in [-0.2, -0.15) is 0 Å². The SMILES string of the molecule is COc1ccc(F)cc1C(NC(=O)CN1CCOCC1)C1CC(O)C1. The molecule has 0 bridgehead atoms. The standard InChI is InChI=1S/C18H25FN2O4/c1-24-16-3-2-13(19)10-15(16)18(12-8-14(22)9-12)20-17(23)11-21-4-6-25-7-5-21/h2-3,10,12,14,18,22H,4-9,11H2,1H3,(H,20,23). The lowest BCUT2D eigenvalue weighted by Gasteiger charge is -2.39. The molecule has 1 heterocycles. The second kappa shape index (κ2) is 8.12. The van der Waals surface area contributed by atoms with Crippen molar-refractivity contribution in [1.29, 1.82) is 0 Å². The van der Waals surface area contributed by atoms with E-state index in [1.807, 2.05) is 4.90 Å². The summed E-state index contributed by atoms with van der Waals surface area (Å²) in [5.74, 6) is 0.126. The predicted octanol–water partition coefficient (Wildman–Crippen LogP) is 1.09. The number of nitrogens with zero attached hydrogens (tertiary/aromatic N) is 1. The molecule has 1 saturated carbocycles. The number of halogens is 1. The average Bonchev–Trinajstić information content (AvgIpc) is 2.58. The van der Waals surface area contributed by atoms with E-state index < -0.39 is 0 Å². The molecule has 1 aromatic carbocycles. The smallest absolute Gasteiger partial charge is 0.234 e. The van der Waals surface area contributed by atoms with E-state index in [4.69, 9.17) is 9.47 Å². The van der Waals surface area contributed by atoms with Gasteiger partial charge in [0, 0.05) is 18.7 Å². The summed E-state index contributed by atoms with van der Waals surface area (Å²) in [6, 6.07) is 3.94. The fourth-order valence-corrected chi connectivity index (χ4v) is 3.48. The van der Waals surface area contributed by atoms with E-state index in [1.54, 1.807) is 6.07 Å². The molecule has 2 fully saturated rings. The minimum atomic E-state index is -0.373. The molecular formula is C18H25FN2O4.